The van der Waals surface area contributed by atoms with Crippen molar-refractivity contribution in [3.63, 3.8) is 0 Å². The Morgan fingerprint density at radius 3 is 2.86 bits per heavy atom. The van der Waals surface area contributed by atoms with Gasteiger partial charge in [0.15, 0.2) is 0 Å². The van der Waals surface area contributed by atoms with Crippen molar-refractivity contribution in [2.45, 2.75) is 38.5 Å². The molecule has 2 fully saturated rings. The van der Waals surface area contributed by atoms with E-state index < -0.39 is 0 Å². The van der Waals surface area contributed by atoms with Gasteiger partial charge in [-0.3, -0.25) is 4.79 Å². The Kier molecular flexibility index (Phi) is 3.97. The second-order valence-corrected chi connectivity index (χ2v) is 6.70. The van der Waals surface area contributed by atoms with E-state index in [0.717, 1.165) is 57.7 Å². The van der Waals surface area contributed by atoms with Gasteiger partial charge < -0.3 is 14.8 Å². The van der Waals surface area contributed by atoms with Crippen LogP contribution in [-0.2, 0) is 11.8 Å². The molecule has 2 saturated heterocycles. The molecule has 2 aliphatic rings. The first kappa shape index (κ1) is 14.5. The summed E-state index contributed by atoms with van der Waals surface area (Å²) in [5.41, 5.74) is -0.187. The molecule has 21 heavy (non-hydrogen) atoms. The lowest BCUT2D eigenvalue weighted by Gasteiger charge is -2.40. The van der Waals surface area contributed by atoms with Gasteiger partial charge in [-0.25, -0.2) is 0 Å². The summed E-state index contributed by atoms with van der Waals surface area (Å²) in [6.45, 7) is 5.69. The van der Waals surface area contributed by atoms with Crippen LogP contribution < -0.4 is 5.32 Å². The van der Waals surface area contributed by atoms with Gasteiger partial charge in [0.05, 0.1) is 0 Å². The minimum absolute atomic E-state index is 0.187. The fourth-order valence-electron chi connectivity index (χ4n) is 3.61. The number of hydrogen-bond acceptors (Lipinski definition) is 4. The zero-order valence-electron chi connectivity index (χ0n) is 13.0. The topological polar surface area (TPSA) is 63.1 Å². The van der Waals surface area contributed by atoms with E-state index in [9.17, 15) is 4.79 Å². The predicted molar refractivity (Wildman–Crippen MR) is 79.8 cm³/mol. The predicted octanol–water partition coefficient (Wildman–Crippen LogP) is 0.911. The number of amides is 1. The van der Waals surface area contributed by atoms with Crippen molar-refractivity contribution in [2.24, 2.45) is 12.5 Å². The van der Waals surface area contributed by atoms with Crippen molar-refractivity contribution in [3.8, 4) is 0 Å². The summed E-state index contributed by atoms with van der Waals surface area (Å²) < 4.78 is 1.98. The maximum absolute atomic E-state index is 12.9. The molecule has 0 aromatic carbocycles. The average Bonchev–Trinajstić information content (AvgIpc) is 2.93. The largest absolute Gasteiger partial charge is 0.341 e. The summed E-state index contributed by atoms with van der Waals surface area (Å²) in [5, 5.41) is 11.5. The van der Waals surface area contributed by atoms with Crippen molar-refractivity contribution < 1.29 is 4.79 Å². The Bertz CT molecular complexity index is 506. The summed E-state index contributed by atoms with van der Waals surface area (Å²) in [5.74, 6) is 1.65. The Morgan fingerprint density at radius 1 is 1.43 bits per heavy atom. The van der Waals surface area contributed by atoms with Crippen molar-refractivity contribution >= 4 is 5.91 Å². The molecule has 1 unspecified atom stereocenters. The maximum Gasteiger partial charge on any atom is 0.228 e. The first-order chi connectivity index (χ1) is 10.1. The highest BCUT2D eigenvalue weighted by atomic mass is 16.2. The fraction of sp³-hybridized carbons (Fsp3) is 0.800. The monoisotopic (exact) mass is 291 g/mol. The zero-order chi connectivity index (χ0) is 14.9. The quantitative estimate of drug-likeness (QED) is 0.880. The smallest absolute Gasteiger partial charge is 0.228 e. The van der Waals surface area contributed by atoms with Gasteiger partial charge in [0.2, 0.25) is 5.91 Å². The van der Waals surface area contributed by atoms with Crippen LogP contribution in [0.1, 0.15) is 44.3 Å². The SMILES string of the molecule is Cn1cnnc1C1CCCN(C(=O)C2(C)CCNCC2)C1. The minimum atomic E-state index is -0.187. The third-order valence-corrected chi connectivity index (χ3v) is 5.04. The van der Waals surface area contributed by atoms with Crippen LogP contribution in [0, 0.1) is 5.41 Å². The van der Waals surface area contributed by atoms with Crippen molar-refractivity contribution in [1.29, 1.82) is 0 Å². The number of carbonyl (C=O) groups excluding carboxylic acids is 1. The first-order valence-electron chi connectivity index (χ1n) is 7.94. The highest BCUT2D eigenvalue weighted by molar-refractivity contribution is 5.82. The maximum atomic E-state index is 12.9. The Morgan fingerprint density at radius 2 is 2.19 bits per heavy atom. The molecule has 0 radical (unpaired) electrons. The van der Waals surface area contributed by atoms with Crippen molar-refractivity contribution in [1.82, 2.24) is 25.0 Å². The van der Waals surface area contributed by atoms with E-state index in [4.69, 9.17) is 0 Å². The van der Waals surface area contributed by atoms with Crippen LogP contribution in [0.4, 0.5) is 0 Å². The Labute approximate surface area is 125 Å². The van der Waals surface area contributed by atoms with Gasteiger partial charge in [-0.15, -0.1) is 10.2 Å². The lowest BCUT2D eigenvalue weighted by Crippen LogP contribution is -2.50. The second kappa shape index (κ2) is 5.75. The number of nitrogens with one attached hydrogen (secondary N) is 1. The van der Waals surface area contributed by atoms with Crippen LogP contribution >= 0.6 is 0 Å². The molecule has 0 saturated carbocycles. The number of aryl methyl sites for hydroxylation is 1. The van der Waals surface area contributed by atoms with Gasteiger partial charge >= 0.3 is 0 Å². The van der Waals surface area contributed by atoms with E-state index in [1.807, 2.05) is 11.6 Å². The van der Waals surface area contributed by atoms with E-state index in [2.05, 4.69) is 27.3 Å². The van der Waals surface area contributed by atoms with Crippen LogP contribution in [0.5, 0.6) is 0 Å². The number of carbonyl (C=O) groups is 1. The van der Waals surface area contributed by atoms with E-state index >= 15 is 0 Å². The number of aromatic nitrogens is 3. The second-order valence-electron chi connectivity index (χ2n) is 6.70. The molecule has 3 heterocycles. The molecule has 116 valence electrons. The molecule has 0 spiro atoms. The Balaban J connectivity index is 1.71. The van der Waals surface area contributed by atoms with E-state index in [1.165, 1.54) is 0 Å². The number of rotatable bonds is 2. The standard InChI is InChI=1S/C15H25N5O/c1-15(5-7-16-8-6-15)14(21)20-9-3-4-12(10-20)13-18-17-11-19(13)2/h11-12,16H,3-10H2,1-2H3. The lowest BCUT2D eigenvalue weighted by molar-refractivity contribution is -0.144. The van der Waals surface area contributed by atoms with Crippen LogP contribution in [-0.4, -0.2) is 51.8 Å². The molecule has 1 N–H and O–H groups in total. The van der Waals surface area contributed by atoms with Gasteiger partial charge in [-0.2, -0.15) is 0 Å². The normalized spacial score (nSPS) is 25.8. The van der Waals surface area contributed by atoms with Gasteiger partial charge in [0.25, 0.3) is 0 Å². The number of hydrogen-bond donors (Lipinski definition) is 1. The van der Waals surface area contributed by atoms with Crippen LogP contribution in [0.25, 0.3) is 0 Å². The molecule has 1 amide bonds. The highest BCUT2D eigenvalue weighted by Crippen LogP contribution is 2.33. The van der Waals surface area contributed by atoms with Gasteiger partial charge in [0, 0.05) is 31.5 Å². The molecular formula is C15H25N5O. The van der Waals surface area contributed by atoms with Gasteiger partial charge in [-0.1, -0.05) is 6.92 Å². The van der Waals surface area contributed by atoms with Crippen molar-refractivity contribution in [3.05, 3.63) is 12.2 Å². The summed E-state index contributed by atoms with van der Waals surface area (Å²) >= 11 is 0. The minimum Gasteiger partial charge on any atom is -0.341 e. The van der Waals surface area contributed by atoms with Crippen LogP contribution in [0.2, 0.25) is 0 Å². The van der Waals surface area contributed by atoms with Crippen LogP contribution in [0.15, 0.2) is 6.33 Å². The molecular weight excluding hydrogens is 266 g/mol. The third kappa shape index (κ3) is 2.81. The van der Waals surface area contributed by atoms with Crippen molar-refractivity contribution in [2.75, 3.05) is 26.2 Å². The average molecular weight is 291 g/mol. The van der Waals surface area contributed by atoms with Gasteiger partial charge in [0.1, 0.15) is 12.2 Å². The first-order valence-corrected chi connectivity index (χ1v) is 7.94. The number of likely N-dealkylation sites (tertiary alicyclic amines) is 1. The van der Waals surface area contributed by atoms with E-state index in [0.29, 0.717) is 11.8 Å². The summed E-state index contributed by atoms with van der Waals surface area (Å²) in [4.78, 5) is 15.0. The molecule has 3 rings (SSSR count). The lowest BCUT2D eigenvalue weighted by atomic mass is 9.79. The molecule has 6 heteroatoms. The van der Waals surface area contributed by atoms with E-state index in [-0.39, 0.29) is 5.41 Å². The molecule has 1 atom stereocenters. The number of nitrogens with zero attached hydrogens (tertiary/aromatic N) is 4. The Hall–Kier alpha value is -1.43. The summed E-state index contributed by atoms with van der Waals surface area (Å²) in [7, 11) is 1.98. The molecule has 6 nitrogen and oxygen atoms in total. The molecule has 2 aliphatic heterocycles. The van der Waals surface area contributed by atoms with Gasteiger partial charge in [-0.05, 0) is 38.8 Å². The third-order valence-electron chi connectivity index (χ3n) is 5.04. The van der Waals surface area contributed by atoms with Crippen LogP contribution in [0.3, 0.4) is 0 Å². The molecule has 1 aromatic rings. The molecule has 0 bridgehead atoms. The molecule has 0 aliphatic carbocycles. The molecule has 1 aromatic heterocycles. The zero-order valence-corrected chi connectivity index (χ0v) is 13.0. The fourth-order valence-corrected chi connectivity index (χ4v) is 3.61. The summed E-state index contributed by atoms with van der Waals surface area (Å²) in [6, 6.07) is 0. The highest BCUT2D eigenvalue weighted by Gasteiger charge is 2.39. The number of piperidine rings is 2. The van der Waals surface area contributed by atoms with E-state index in [1.54, 1.807) is 6.33 Å². The summed E-state index contributed by atoms with van der Waals surface area (Å²) in [6.07, 6.45) is 5.77.